The summed E-state index contributed by atoms with van der Waals surface area (Å²) in [7, 11) is 2.11. The molecule has 0 atom stereocenters. The molecule has 1 fully saturated rings. The third kappa shape index (κ3) is 2.27. The van der Waals surface area contributed by atoms with Gasteiger partial charge in [0, 0.05) is 46.0 Å². The molecule has 0 radical (unpaired) electrons. The van der Waals surface area contributed by atoms with Gasteiger partial charge in [0.25, 0.3) is 0 Å². The van der Waals surface area contributed by atoms with Gasteiger partial charge in [-0.2, -0.15) is 0 Å². The molecular weight excluding hydrogens is 200 g/mol. The number of anilines is 2. The Morgan fingerprint density at radius 3 is 2.88 bits per heavy atom. The maximum Gasteiger partial charge on any atom is 0.152 e. The maximum atomic E-state index is 4.53. The highest BCUT2D eigenvalue weighted by Gasteiger charge is 2.16. The van der Waals surface area contributed by atoms with E-state index in [2.05, 4.69) is 40.1 Å². The van der Waals surface area contributed by atoms with Crippen molar-refractivity contribution in [3.05, 3.63) is 18.3 Å². The second kappa shape index (κ2) is 5.16. The van der Waals surface area contributed by atoms with Gasteiger partial charge in [0.05, 0.1) is 5.69 Å². The minimum absolute atomic E-state index is 1.00. The summed E-state index contributed by atoms with van der Waals surface area (Å²) in [5.41, 5.74) is 1.23. The van der Waals surface area contributed by atoms with E-state index in [1.807, 2.05) is 12.3 Å². The Balaban J connectivity index is 2.24. The molecule has 1 aliphatic heterocycles. The fourth-order valence-corrected chi connectivity index (χ4v) is 1.98. The van der Waals surface area contributed by atoms with Crippen LogP contribution in [0.4, 0.5) is 11.5 Å². The van der Waals surface area contributed by atoms with Crippen molar-refractivity contribution in [3.63, 3.8) is 0 Å². The third-order valence-electron chi connectivity index (χ3n) is 3.07. The fraction of sp³-hybridized carbons (Fsp3) is 0.583. The zero-order chi connectivity index (χ0) is 11.4. The molecule has 1 aromatic rings. The summed E-state index contributed by atoms with van der Waals surface area (Å²) in [6.07, 6.45) is 1.88. The first kappa shape index (κ1) is 11.2. The van der Waals surface area contributed by atoms with Crippen molar-refractivity contribution in [2.45, 2.75) is 6.92 Å². The number of hydrogen-bond acceptors (Lipinski definition) is 4. The van der Waals surface area contributed by atoms with Crippen LogP contribution >= 0.6 is 0 Å². The van der Waals surface area contributed by atoms with Crippen molar-refractivity contribution in [1.82, 2.24) is 10.3 Å². The van der Waals surface area contributed by atoms with E-state index in [0.29, 0.717) is 0 Å². The van der Waals surface area contributed by atoms with Crippen molar-refractivity contribution >= 4 is 11.5 Å². The van der Waals surface area contributed by atoms with E-state index in [4.69, 9.17) is 0 Å². The molecule has 1 saturated heterocycles. The smallest absolute Gasteiger partial charge is 0.152 e. The quantitative estimate of drug-likeness (QED) is 0.822. The van der Waals surface area contributed by atoms with Gasteiger partial charge < -0.3 is 15.1 Å². The van der Waals surface area contributed by atoms with E-state index >= 15 is 0 Å². The second-order valence-corrected chi connectivity index (χ2v) is 4.10. The fourth-order valence-electron chi connectivity index (χ4n) is 1.98. The Bertz CT molecular complexity index is 334. The number of hydrogen-bond donors (Lipinski definition) is 1. The first-order valence-corrected chi connectivity index (χ1v) is 5.94. The summed E-state index contributed by atoms with van der Waals surface area (Å²) >= 11 is 0. The molecule has 4 nitrogen and oxygen atoms in total. The van der Waals surface area contributed by atoms with Crippen LogP contribution in [0.5, 0.6) is 0 Å². The lowest BCUT2D eigenvalue weighted by molar-refractivity contribution is 0.584. The Morgan fingerprint density at radius 2 is 2.19 bits per heavy atom. The van der Waals surface area contributed by atoms with E-state index in [-0.39, 0.29) is 0 Å². The van der Waals surface area contributed by atoms with Crippen molar-refractivity contribution in [2.75, 3.05) is 49.6 Å². The van der Waals surface area contributed by atoms with Gasteiger partial charge in [-0.3, -0.25) is 0 Å². The normalized spacial score (nSPS) is 16.2. The molecule has 0 aliphatic carbocycles. The van der Waals surface area contributed by atoms with Crippen LogP contribution in [-0.2, 0) is 0 Å². The van der Waals surface area contributed by atoms with Crippen LogP contribution in [-0.4, -0.2) is 44.8 Å². The Labute approximate surface area is 97.3 Å². The molecule has 1 aromatic heterocycles. The SMILES string of the molecule is CCN(C)c1cccnc1N1CCNCC1. The Kier molecular flexibility index (Phi) is 3.62. The summed E-state index contributed by atoms with van der Waals surface area (Å²) in [6.45, 7) is 7.35. The number of pyridine rings is 1. The summed E-state index contributed by atoms with van der Waals surface area (Å²) < 4.78 is 0. The maximum absolute atomic E-state index is 4.53. The molecule has 0 saturated carbocycles. The molecule has 1 aliphatic rings. The predicted molar refractivity (Wildman–Crippen MR) is 68.3 cm³/mol. The van der Waals surface area contributed by atoms with E-state index in [1.54, 1.807) is 0 Å². The van der Waals surface area contributed by atoms with Crippen LogP contribution < -0.4 is 15.1 Å². The molecule has 16 heavy (non-hydrogen) atoms. The van der Waals surface area contributed by atoms with Crippen LogP contribution in [0.25, 0.3) is 0 Å². The highest BCUT2D eigenvalue weighted by atomic mass is 15.3. The van der Waals surface area contributed by atoms with E-state index < -0.39 is 0 Å². The van der Waals surface area contributed by atoms with Gasteiger partial charge in [0.1, 0.15) is 0 Å². The third-order valence-corrected chi connectivity index (χ3v) is 3.07. The largest absolute Gasteiger partial charge is 0.372 e. The molecule has 0 aromatic carbocycles. The van der Waals surface area contributed by atoms with Gasteiger partial charge in [-0.05, 0) is 19.1 Å². The molecule has 0 amide bonds. The molecule has 2 heterocycles. The lowest BCUT2D eigenvalue weighted by atomic mass is 10.3. The lowest BCUT2D eigenvalue weighted by Crippen LogP contribution is -2.44. The minimum Gasteiger partial charge on any atom is -0.372 e. The molecule has 1 N–H and O–H groups in total. The zero-order valence-electron chi connectivity index (χ0n) is 10.1. The highest BCUT2D eigenvalue weighted by Crippen LogP contribution is 2.25. The van der Waals surface area contributed by atoms with Crippen molar-refractivity contribution in [2.24, 2.45) is 0 Å². The second-order valence-electron chi connectivity index (χ2n) is 4.10. The van der Waals surface area contributed by atoms with Crippen LogP contribution in [0.1, 0.15) is 6.92 Å². The van der Waals surface area contributed by atoms with Crippen molar-refractivity contribution in [1.29, 1.82) is 0 Å². The average Bonchev–Trinajstić information content (AvgIpc) is 2.39. The minimum atomic E-state index is 1.00. The van der Waals surface area contributed by atoms with Gasteiger partial charge in [-0.1, -0.05) is 0 Å². The first-order chi connectivity index (χ1) is 7.83. The predicted octanol–water partition coefficient (Wildman–Crippen LogP) is 0.947. The number of nitrogens with zero attached hydrogens (tertiary/aromatic N) is 3. The van der Waals surface area contributed by atoms with E-state index in [1.165, 1.54) is 5.69 Å². The number of aromatic nitrogens is 1. The van der Waals surface area contributed by atoms with E-state index in [9.17, 15) is 0 Å². The standard InChI is InChI=1S/C12H20N4/c1-3-15(2)11-5-4-6-14-12(11)16-9-7-13-8-10-16/h4-6,13H,3,7-10H2,1-2H3. The first-order valence-electron chi connectivity index (χ1n) is 5.94. The van der Waals surface area contributed by atoms with Crippen LogP contribution in [0.3, 0.4) is 0 Å². The summed E-state index contributed by atoms with van der Waals surface area (Å²) in [5.74, 6) is 1.12. The molecular formula is C12H20N4. The number of rotatable bonds is 3. The van der Waals surface area contributed by atoms with Gasteiger partial charge in [-0.25, -0.2) is 4.98 Å². The van der Waals surface area contributed by atoms with E-state index in [0.717, 1.165) is 38.5 Å². The molecule has 88 valence electrons. The monoisotopic (exact) mass is 220 g/mol. The van der Waals surface area contributed by atoms with Gasteiger partial charge in [0.2, 0.25) is 0 Å². The van der Waals surface area contributed by atoms with Gasteiger partial charge in [-0.15, -0.1) is 0 Å². The van der Waals surface area contributed by atoms with Gasteiger partial charge >= 0.3 is 0 Å². The van der Waals surface area contributed by atoms with Crippen LogP contribution in [0.15, 0.2) is 18.3 Å². The lowest BCUT2D eigenvalue weighted by Gasteiger charge is -2.31. The molecule has 2 rings (SSSR count). The molecule has 0 unspecified atom stereocenters. The topological polar surface area (TPSA) is 31.4 Å². The number of nitrogens with one attached hydrogen (secondary N) is 1. The Hall–Kier alpha value is -1.29. The Morgan fingerprint density at radius 1 is 1.44 bits per heavy atom. The molecule has 0 spiro atoms. The van der Waals surface area contributed by atoms with Crippen molar-refractivity contribution in [3.8, 4) is 0 Å². The van der Waals surface area contributed by atoms with Crippen LogP contribution in [0, 0.1) is 0 Å². The van der Waals surface area contributed by atoms with Crippen molar-refractivity contribution < 1.29 is 0 Å². The molecule has 4 heteroatoms. The zero-order valence-corrected chi connectivity index (χ0v) is 10.1. The average molecular weight is 220 g/mol. The van der Waals surface area contributed by atoms with Gasteiger partial charge in [0.15, 0.2) is 5.82 Å². The summed E-state index contributed by atoms with van der Waals surface area (Å²) in [4.78, 5) is 9.13. The summed E-state index contributed by atoms with van der Waals surface area (Å²) in [6, 6.07) is 4.15. The molecule has 0 bridgehead atoms. The van der Waals surface area contributed by atoms with Crippen LogP contribution in [0.2, 0.25) is 0 Å². The summed E-state index contributed by atoms with van der Waals surface area (Å²) in [5, 5.41) is 3.36. The number of piperazine rings is 1. The highest BCUT2D eigenvalue weighted by molar-refractivity contribution is 5.66.